The number of alkyl carbamates (subject to hydrolysis) is 1. The Morgan fingerprint density at radius 1 is 1.28 bits per heavy atom. The van der Waals surface area contributed by atoms with E-state index in [1.54, 1.807) is 20.8 Å². The molecular weight excluding hydrogens is 373 g/mol. The molecule has 0 radical (unpaired) electrons. The van der Waals surface area contributed by atoms with Gasteiger partial charge in [0.25, 0.3) is 5.91 Å². The second kappa shape index (κ2) is 8.26. The summed E-state index contributed by atoms with van der Waals surface area (Å²) in [5, 5.41) is 13.6. The van der Waals surface area contributed by atoms with Gasteiger partial charge in [-0.05, 0) is 32.9 Å². The first kappa shape index (κ1) is 20.9. The van der Waals surface area contributed by atoms with Gasteiger partial charge in [-0.2, -0.15) is 0 Å². The van der Waals surface area contributed by atoms with Crippen molar-refractivity contribution < 1.29 is 24.2 Å². The third-order valence-corrected chi connectivity index (χ3v) is 3.52. The lowest BCUT2D eigenvalue weighted by atomic mass is 10.1. The van der Waals surface area contributed by atoms with Crippen molar-refractivity contribution in [2.24, 2.45) is 0 Å². The molecule has 0 saturated heterocycles. The number of amides is 2. The first-order valence-electron chi connectivity index (χ1n) is 7.16. The van der Waals surface area contributed by atoms with Gasteiger partial charge in [0.05, 0.1) is 27.8 Å². The third kappa shape index (κ3) is 6.32. The van der Waals surface area contributed by atoms with Gasteiger partial charge < -0.3 is 26.2 Å². The molecule has 0 aliphatic rings. The number of nitrogens with one attached hydrogen (secondary N) is 2. The van der Waals surface area contributed by atoms with Gasteiger partial charge in [0.2, 0.25) is 0 Å². The minimum Gasteiger partial charge on any atom is -0.480 e. The fourth-order valence-electron chi connectivity index (χ4n) is 1.71. The average molecular weight is 392 g/mol. The Hall–Kier alpha value is -2.19. The number of ether oxygens (including phenoxy) is 1. The van der Waals surface area contributed by atoms with Crippen LogP contribution in [0.1, 0.15) is 31.1 Å². The number of hydrogen-bond acceptors (Lipinski definition) is 5. The van der Waals surface area contributed by atoms with E-state index in [2.05, 4.69) is 10.6 Å². The van der Waals surface area contributed by atoms with Crippen molar-refractivity contribution in [3.05, 3.63) is 27.7 Å². The summed E-state index contributed by atoms with van der Waals surface area (Å²) >= 11 is 11.9. The van der Waals surface area contributed by atoms with E-state index in [9.17, 15) is 19.5 Å². The number of hydrogen-bond donors (Lipinski definition) is 4. The Balaban J connectivity index is 2.82. The van der Waals surface area contributed by atoms with Crippen LogP contribution in [0.5, 0.6) is 0 Å². The zero-order chi connectivity index (χ0) is 19.4. The molecule has 10 heteroatoms. The number of benzene rings is 1. The van der Waals surface area contributed by atoms with E-state index in [1.165, 1.54) is 12.1 Å². The molecular formula is C15H19Cl2N3O5. The number of carboxylic acids is 1. The van der Waals surface area contributed by atoms with Crippen LogP contribution in [0, 0.1) is 0 Å². The Labute approximate surface area is 154 Å². The predicted octanol–water partition coefficient (Wildman–Crippen LogP) is 2.28. The van der Waals surface area contributed by atoms with Gasteiger partial charge in [0, 0.05) is 0 Å². The minimum absolute atomic E-state index is 0.0148. The zero-order valence-electron chi connectivity index (χ0n) is 13.9. The van der Waals surface area contributed by atoms with Crippen LogP contribution in [0.3, 0.4) is 0 Å². The highest BCUT2D eigenvalue weighted by atomic mass is 35.5. The maximum atomic E-state index is 12.3. The number of anilines is 1. The molecule has 138 valence electrons. The number of nitrogens with two attached hydrogens (primary N) is 1. The molecule has 0 fully saturated rings. The molecule has 1 aromatic carbocycles. The molecule has 1 atom stereocenters. The van der Waals surface area contributed by atoms with Gasteiger partial charge >= 0.3 is 12.1 Å². The molecule has 0 saturated carbocycles. The highest BCUT2D eigenvalue weighted by Gasteiger charge is 2.25. The zero-order valence-corrected chi connectivity index (χ0v) is 15.4. The molecule has 25 heavy (non-hydrogen) atoms. The summed E-state index contributed by atoms with van der Waals surface area (Å²) in [4.78, 5) is 35.2. The molecule has 8 nitrogen and oxygen atoms in total. The molecule has 5 N–H and O–H groups in total. The summed E-state index contributed by atoms with van der Waals surface area (Å²) in [6, 6.07) is 1.36. The largest absolute Gasteiger partial charge is 0.480 e. The van der Waals surface area contributed by atoms with Crippen LogP contribution in [-0.2, 0) is 9.53 Å². The third-order valence-electron chi connectivity index (χ3n) is 2.80. The van der Waals surface area contributed by atoms with Gasteiger partial charge in [0.1, 0.15) is 11.6 Å². The molecule has 1 unspecified atom stereocenters. The first-order valence-corrected chi connectivity index (χ1v) is 7.92. The van der Waals surface area contributed by atoms with E-state index < -0.39 is 36.2 Å². The van der Waals surface area contributed by atoms with Crippen LogP contribution in [0.25, 0.3) is 0 Å². The first-order chi connectivity index (χ1) is 11.4. The number of carbonyl (C=O) groups is 3. The van der Waals surface area contributed by atoms with Crippen molar-refractivity contribution in [2.45, 2.75) is 32.4 Å². The van der Waals surface area contributed by atoms with Crippen LogP contribution < -0.4 is 16.4 Å². The molecule has 0 aliphatic carbocycles. The Morgan fingerprint density at radius 3 is 2.40 bits per heavy atom. The average Bonchev–Trinajstić information content (AvgIpc) is 2.45. The van der Waals surface area contributed by atoms with Crippen LogP contribution in [0.4, 0.5) is 10.5 Å². The van der Waals surface area contributed by atoms with Crippen molar-refractivity contribution in [2.75, 3.05) is 12.3 Å². The Morgan fingerprint density at radius 2 is 1.88 bits per heavy atom. The maximum absolute atomic E-state index is 12.3. The van der Waals surface area contributed by atoms with E-state index in [1.807, 2.05) is 0 Å². The fraction of sp³-hybridized carbons (Fsp3) is 0.400. The molecule has 1 rings (SSSR count). The number of carboxylic acid groups (broad SMARTS) is 1. The minimum atomic E-state index is -1.42. The number of halogens is 2. The van der Waals surface area contributed by atoms with Crippen molar-refractivity contribution in [1.82, 2.24) is 10.6 Å². The Bertz CT molecular complexity index is 688. The SMILES string of the molecule is CC(C)(C)OC(=O)NCC(NC(=O)c1c(Cl)ccc(N)c1Cl)C(=O)O. The quantitative estimate of drug-likeness (QED) is 0.569. The Kier molecular flexibility index (Phi) is 6.89. The summed E-state index contributed by atoms with van der Waals surface area (Å²) in [5.41, 5.74) is 4.85. The van der Waals surface area contributed by atoms with Crippen LogP contribution in [0.15, 0.2) is 12.1 Å². The molecule has 0 spiro atoms. The lowest BCUT2D eigenvalue weighted by molar-refractivity contribution is -0.139. The number of aliphatic carboxylic acids is 1. The molecule has 0 bridgehead atoms. The van der Waals surface area contributed by atoms with E-state index in [0.717, 1.165) is 0 Å². The normalized spacial score (nSPS) is 12.2. The van der Waals surface area contributed by atoms with Gasteiger partial charge in [-0.1, -0.05) is 23.2 Å². The van der Waals surface area contributed by atoms with Gasteiger partial charge in [-0.15, -0.1) is 0 Å². The van der Waals surface area contributed by atoms with Crippen LogP contribution >= 0.6 is 23.2 Å². The van der Waals surface area contributed by atoms with Crippen molar-refractivity contribution >= 4 is 46.9 Å². The van der Waals surface area contributed by atoms with E-state index >= 15 is 0 Å². The predicted molar refractivity (Wildman–Crippen MR) is 94.0 cm³/mol. The molecule has 0 aliphatic heterocycles. The highest BCUT2D eigenvalue weighted by Crippen LogP contribution is 2.29. The summed E-state index contributed by atoms with van der Waals surface area (Å²) in [6.07, 6.45) is -0.812. The van der Waals surface area contributed by atoms with E-state index in [4.69, 9.17) is 33.7 Å². The smallest absolute Gasteiger partial charge is 0.407 e. The standard InChI is InChI=1S/C15H19Cl2N3O5/c1-15(2,3)25-14(24)19-6-9(13(22)23)20-12(21)10-7(16)4-5-8(18)11(10)17/h4-5,9H,6,18H2,1-3H3,(H,19,24)(H,20,21)(H,22,23). The second-order valence-corrected chi connectivity index (χ2v) is 6.86. The number of rotatable bonds is 5. The molecule has 1 aromatic rings. The summed E-state index contributed by atoms with van der Waals surface area (Å²) in [6.45, 7) is 4.58. The summed E-state index contributed by atoms with van der Waals surface area (Å²) in [7, 11) is 0. The molecule has 0 heterocycles. The topological polar surface area (TPSA) is 131 Å². The molecule has 2 amide bonds. The molecule has 0 aromatic heterocycles. The number of nitrogen functional groups attached to an aromatic ring is 1. The lowest BCUT2D eigenvalue weighted by Crippen LogP contribution is -2.49. The highest BCUT2D eigenvalue weighted by molar-refractivity contribution is 6.41. The second-order valence-electron chi connectivity index (χ2n) is 6.07. The summed E-state index contributed by atoms with van der Waals surface area (Å²) in [5.74, 6) is -2.19. The van der Waals surface area contributed by atoms with Gasteiger partial charge in [-0.25, -0.2) is 9.59 Å². The van der Waals surface area contributed by atoms with Crippen LogP contribution in [-0.4, -0.2) is 41.3 Å². The number of carbonyl (C=O) groups excluding carboxylic acids is 2. The monoisotopic (exact) mass is 391 g/mol. The van der Waals surface area contributed by atoms with Crippen molar-refractivity contribution in [3.8, 4) is 0 Å². The lowest BCUT2D eigenvalue weighted by Gasteiger charge is -2.21. The van der Waals surface area contributed by atoms with Crippen molar-refractivity contribution in [1.29, 1.82) is 0 Å². The van der Waals surface area contributed by atoms with E-state index in [-0.39, 0.29) is 21.3 Å². The maximum Gasteiger partial charge on any atom is 0.407 e. The van der Waals surface area contributed by atoms with Crippen molar-refractivity contribution in [3.63, 3.8) is 0 Å². The summed E-state index contributed by atoms with van der Waals surface area (Å²) < 4.78 is 5.00. The van der Waals surface area contributed by atoms with Gasteiger partial charge in [0.15, 0.2) is 0 Å². The van der Waals surface area contributed by atoms with E-state index in [0.29, 0.717) is 0 Å². The fourth-order valence-corrected chi connectivity index (χ4v) is 2.25. The van der Waals surface area contributed by atoms with Gasteiger partial charge in [-0.3, -0.25) is 4.79 Å². The van der Waals surface area contributed by atoms with Crippen LogP contribution in [0.2, 0.25) is 10.0 Å².